The molecular formula is C16H21N7O2S. The van der Waals surface area contributed by atoms with Crippen LogP contribution in [0.4, 0.5) is 0 Å². The topological polar surface area (TPSA) is 107 Å². The molecule has 3 rings (SSSR count). The first-order chi connectivity index (χ1) is 12.3. The van der Waals surface area contributed by atoms with Crippen molar-refractivity contribution >= 4 is 33.4 Å². The summed E-state index contributed by atoms with van der Waals surface area (Å²) in [6.45, 7) is 4.96. The molecule has 0 aliphatic heterocycles. The van der Waals surface area contributed by atoms with Crippen molar-refractivity contribution in [2.24, 2.45) is 20.0 Å². The fourth-order valence-electron chi connectivity index (χ4n) is 2.42. The quantitative estimate of drug-likeness (QED) is 0.670. The lowest BCUT2D eigenvalue weighted by Gasteiger charge is -2.05. The average molecular weight is 375 g/mol. The highest BCUT2D eigenvalue weighted by molar-refractivity contribution is 7.20. The number of carbonyl (C=O) groups excluding carboxylic acids is 2. The molecular weight excluding hydrogens is 354 g/mol. The molecule has 10 heteroatoms. The van der Waals surface area contributed by atoms with Crippen molar-refractivity contribution in [2.75, 3.05) is 6.54 Å². The number of aryl methyl sites for hydroxylation is 2. The van der Waals surface area contributed by atoms with E-state index in [0.717, 1.165) is 10.2 Å². The van der Waals surface area contributed by atoms with Crippen molar-refractivity contribution < 1.29 is 9.59 Å². The van der Waals surface area contributed by atoms with Gasteiger partial charge in [0.2, 0.25) is 5.82 Å². The second-order valence-corrected chi connectivity index (χ2v) is 7.46. The number of hydrogen-bond donors (Lipinski definition) is 2. The Kier molecular flexibility index (Phi) is 5.03. The van der Waals surface area contributed by atoms with Gasteiger partial charge < -0.3 is 10.6 Å². The molecule has 138 valence electrons. The zero-order valence-corrected chi connectivity index (χ0v) is 15.9. The number of carbonyl (C=O) groups is 2. The van der Waals surface area contributed by atoms with Gasteiger partial charge in [0, 0.05) is 26.0 Å². The standard InChI is InChI=1S/C16H21N7O2S/c1-9(2)6-17-14(24)12-5-10-11(20-23(4)16(10)26-12)7-18-15(25)13-19-8-22(3)21-13/h5,8-9H,6-7H2,1-4H3,(H,17,24)(H,18,25). The summed E-state index contributed by atoms with van der Waals surface area (Å²) in [4.78, 5) is 29.8. The Bertz CT molecular complexity index is 953. The highest BCUT2D eigenvalue weighted by Crippen LogP contribution is 2.28. The van der Waals surface area contributed by atoms with Gasteiger partial charge in [-0.3, -0.25) is 19.0 Å². The second kappa shape index (κ2) is 7.24. The zero-order chi connectivity index (χ0) is 18.8. The van der Waals surface area contributed by atoms with Crippen LogP contribution in [0.2, 0.25) is 0 Å². The van der Waals surface area contributed by atoms with E-state index >= 15 is 0 Å². The third-order valence-electron chi connectivity index (χ3n) is 3.70. The first kappa shape index (κ1) is 18.1. The minimum atomic E-state index is -0.366. The summed E-state index contributed by atoms with van der Waals surface area (Å²) >= 11 is 1.39. The van der Waals surface area contributed by atoms with Gasteiger partial charge in [0.1, 0.15) is 11.2 Å². The van der Waals surface area contributed by atoms with Crippen molar-refractivity contribution in [3.8, 4) is 0 Å². The van der Waals surface area contributed by atoms with Crippen LogP contribution in [-0.2, 0) is 20.6 Å². The Morgan fingerprint density at radius 3 is 2.62 bits per heavy atom. The summed E-state index contributed by atoms with van der Waals surface area (Å²) in [6.07, 6.45) is 1.47. The third-order valence-corrected chi connectivity index (χ3v) is 4.90. The molecule has 0 saturated carbocycles. The average Bonchev–Trinajstić information content (AvgIpc) is 3.28. The normalized spacial score (nSPS) is 11.3. The van der Waals surface area contributed by atoms with E-state index in [9.17, 15) is 9.59 Å². The minimum Gasteiger partial charge on any atom is -0.351 e. The Morgan fingerprint density at radius 1 is 1.19 bits per heavy atom. The minimum absolute atomic E-state index is 0.0902. The number of thiophene rings is 1. The monoisotopic (exact) mass is 375 g/mol. The number of nitrogens with zero attached hydrogens (tertiary/aromatic N) is 5. The van der Waals surface area contributed by atoms with Crippen molar-refractivity contribution in [2.45, 2.75) is 20.4 Å². The molecule has 2 amide bonds. The van der Waals surface area contributed by atoms with Crippen LogP contribution < -0.4 is 10.6 Å². The fourth-order valence-corrected chi connectivity index (χ4v) is 3.43. The second-order valence-electron chi connectivity index (χ2n) is 6.43. The summed E-state index contributed by atoms with van der Waals surface area (Å²) in [6, 6.07) is 1.82. The molecule has 0 atom stereocenters. The van der Waals surface area contributed by atoms with Crippen LogP contribution in [0.1, 0.15) is 39.8 Å². The largest absolute Gasteiger partial charge is 0.351 e. The smallest absolute Gasteiger partial charge is 0.291 e. The van der Waals surface area contributed by atoms with E-state index in [0.29, 0.717) is 23.0 Å². The lowest BCUT2D eigenvalue weighted by molar-refractivity contribution is 0.0936. The SMILES string of the molecule is CC(C)CNC(=O)c1cc2c(CNC(=O)c3ncn(C)n3)nn(C)c2s1. The van der Waals surface area contributed by atoms with Crippen molar-refractivity contribution in [3.05, 3.63) is 28.8 Å². The van der Waals surface area contributed by atoms with Gasteiger partial charge in [-0.1, -0.05) is 13.8 Å². The van der Waals surface area contributed by atoms with E-state index in [-0.39, 0.29) is 24.2 Å². The maximum atomic E-state index is 12.3. The van der Waals surface area contributed by atoms with E-state index in [1.54, 1.807) is 11.7 Å². The molecule has 0 aromatic carbocycles. The highest BCUT2D eigenvalue weighted by Gasteiger charge is 2.18. The maximum Gasteiger partial charge on any atom is 0.291 e. The summed E-state index contributed by atoms with van der Waals surface area (Å²) in [5.41, 5.74) is 0.700. The van der Waals surface area contributed by atoms with Gasteiger partial charge in [-0.05, 0) is 12.0 Å². The van der Waals surface area contributed by atoms with Gasteiger partial charge in [-0.15, -0.1) is 16.4 Å². The molecule has 3 aromatic heterocycles. The molecule has 0 unspecified atom stereocenters. The van der Waals surface area contributed by atoms with Crippen molar-refractivity contribution in [1.82, 2.24) is 35.2 Å². The number of hydrogen-bond acceptors (Lipinski definition) is 6. The summed E-state index contributed by atoms with van der Waals surface area (Å²) in [5, 5.41) is 14.9. The number of aromatic nitrogens is 5. The van der Waals surface area contributed by atoms with Crippen molar-refractivity contribution in [1.29, 1.82) is 0 Å². The Balaban J connectivity index is 1.74. The van der Waals surface area contributed by atoms with Gasteiger partial charge in [0.25, 0.3) is 11.8 Å². The summed E-state index contributed by atoms with van der Waals surface area (Å²) in [5.74, 6) is 0.0434. The van der Waals surface area contributed by atoms with Crippen LogP contribution in [0, 0.1) is 5.92 Å². The number of amides is 2. The van der Waals surface area contributed by atoms with Gasteiger partial charge in [-0.25, -0.2) is 4.98 Å². The van der Waals surface area contributed by atoms with Gasteiger partial charge >= 0.3 is 0 Å². The summed E-state index contributed by atoms with van der Waals surface area (Å²) in [7, 11) is 3.52. The van der Waals surface area contributed by atoms with Crippen molar-refractivity contribution in [3.63, 3.8) is 0 Å². The van der Waals surface area contributed by atoms with Crippen LogP contribution >= 0.6 is 11.3 Å². The molecule has 26 heavy (non-hydrogen) atoms. The molecule has 0 spiro atoms. The molecule has 2 N–H and O–H groups in total. The molecule has 0 radical (unpaired) electrons. The number of fused-ring (bicyclic) bond motifs is 1. The van der Waals surface area contributed by atoms with E-state index in [2.05, 4.69) is 25.8 Å². The van der Waals surface area contributed by atoms with Gasteiger partial charge in [0.05, 0.1) is 17.1 Å². The predicted molar refractivity (Wildman–Crippen MR) is 97.9 cm³/mol. The van der Waals surface area contributed by atoms with Crippen LogP contribution in [0.3, 0.4) is 0 Å². The Labute approximate surface area is 154 Å². The van der Waals surface area contributed by atoms with Crippen LogP contribution in [0.5, 0.6) is 0 Å². The van der Waals surface area contributed by atoms with Crippen LogP contribution in [0.25, 0.3) is 10.2 Å². The van der Waals surface area contributed by atoms with Gasteiger partial charge in [-0.2, -0.15) is 5.10 Å². The molecule has 0 aliphatic carbocycles. The van der Waals surface area contributed by atoms with Gasteiger partial charge in [0.15, 0.2) is 0 Å². The van der Waals surface area contributed by atoms with E-state index in [4.69, 9.17) is 0 Å². The fraction of sp³-hybridized carbons (Fsp3) is 0.438. The molecule has 3 heterocycles. The van der Waals surface area contributed by atoms with E-state index in [1.165, 1.54) is 22.3 Å². The number of nitrogens with one attached hydrogen (secondary N) is 2. The molecule has 0 saturated heterocycles. The van der Waals surface area contributed by atoms with Crippen LogP contribution in [-0.4, -0.2) is 42.9 Å². The molecule has 0 bridgehead atoms. The molecule has 0 aliphatic rings. The molecule has 3 aromatic rings. The molecule has 0 fully saturated rings. The number of rotatable bonds is 6. The lowest BCUT2D eigenvalue weighted by atomic mass is 10.2. The van der Waals surface area contributed by atoms with E-state index in [1.807, 2.05) is 27.0 Å². The first-order valence-corrected chi connectivity index (χ1v) is 9.04. The highest BCUT2D eigenvalue weighted by atomic mass is 32.1. The Morgan fingerprint density at radius 2 is 1.96 bits per heavy atom. The predicted octanol–water partition coefficient (Wildman–Crippen LogP) is 1.08. The molecule has 9 nitrogen and oxygen atoms in total. The summed E-state index contributed by atoms with van der Waals surface area (Å²) < 4.78 is 3.19. The Hall–Kier alpha value is -2.75. The zero-order valence-electron chi connectivity index (χ0n) is 15.1. The van der Waals surface area contributed by atoms with Crippen LogP contribution in [0.15, 0.2) is 12.4 Å². The lowest BCUT2D eigenvalue weighted by Crippen LogP contribution is -2.26. The van der Waals surface area contributed by atoms with E-state index < -0.39 is 0 Å². The first-order valence-electron chi connectivity index (χ1n) is 8.22. The third kappa shape index (κ3) is 3.74. The maximum absolute atomic E-state index is 12.3.